The van der Waals surface area contributed by atoms with Crippen LogP contribution in [0.25, 0.3) is 0 Å². The Kier molecular flexibility index (Phi) is 3.26. The highest BCUT2D eigenvalue weighted by molar-refractivity contribution is 9.10. The fraction of sp³-hybridized carbons (Fsp3) is 0.333. The molecule has 66 valence electrons. The van der Waals surface area contributed by atoms with Gasteiger partial charge >= 0.3 is 0 Å². The molecule has 3 heteroatoms. The summed E-state index contributed by atoms with van der Waals surface area (Å²) in [6.45, 7) is 2.22. The summed E-state index contributed by atoms with van der Waals surface area (Å²) in [5.74, 6) is 0. The highest BCUT2D eigenvalue weighted by Gasteiger charge is 2.07. The number of hydrogen-bond donors (Lipinski definition) is 2. The van der Waals surface area contributed by atoms with Crippen molar-refractivity contribution in [1.82, 2.24) is 0 Å². The van der Waals surface area contributed by atoms with E-state index in [-0.39, 0.29) is 0 Å². The third-order valence-corrected chi connectivity index (χ3v) is 2.75. The van der Waals surface area contributed by atoms with Crippen LogP contribution in [0.2, 0.25) is 0 Å². The van der Waals surface area contributed by atoms with Crippen LogP contribution in [-0.2, 0) is 6.54 Å². The zero-order valence-corrected chi connectivity index (χ0v) is 8.51. The fourth-order valence-electron chi connectivity index (χ4n) is 1.08. The van der Waals surface area contributed by atoms with E-state index in [0.717, 1.165) is 15.6 Å². The second-order valence-electron chi connectivity index (χ2n) is 2.70. The molecule has 0 saturated heterocycles. The normalized spacial score (nSPS) is 13.0. The van der Waals surface area contributed by atoms with E-state index in [4.69, 9.17) is 5.73 Å². The molecule has 0 aliphatic heterocycles. The van der Waals surface area contributed by atoms with Gasteiger partial charge < -0.3 is 10.8 Å². The summed E-state index contributed by atoms with van der Waals surface area (Å²) in [6, 6.07) is 5.72. The van der Waals surface area contributed by atoms with Gasteiger partial charge in [0.2, 0.25) is 0 Å². The largest absolute Gasteiger partial charge is 0.389 e. The molecular weight excluding hydrogens is 218 g/mol. The lowest BCUT2D eigenvalue weighted by molar-refractivity contribution is 0.198. The molecule has 0 aliphatic carbocycles. The predicted molar refractivity (Wildman–Crippen MR) is 52.7 cm³/mol. The molecule has 1 aromatic rings. The molecule has 0 amide bonds. The molecule has 0 aromatic heterocycles. The van der Waals surface area contributed by atoms with Crippen molar-refractivity contribution in [3.63, 3.8) is 0 Å². The number of aliphatic hydroxyl groups is 1. The van der Waals surface area contributed by atoms with Crippen molar-refractivity contribution in [2.45, 2.75) is 19.6 Å². The first-order valence-electron chi connectivity index (χ1n) is 3.82. The Morgan fingerprint density at radius 3 is 2.75 bits per heavy atom. The maximum Gasteiger partial charge on any atom is 0.0772 e. The van der Waals surface area contributed by atoms with Gasteiger partial charge in [0.1, 0.15) is 0 Å². The predicted octanol–water partition coefficient (Wildman–Crippen LogP) is 1.96. The number of aliphatic hydroxyl groups excluding tert-OH is 1. The van der Waals surface area contributed by atoms with Crippen LogP contribution in [0.5, 0.6) is 0 Å². The van der Waals surface area contributed by atoms with Crippen LogP contribution in [0, 0.1) is 0 Å². The third kappa shape index (κ3) is 1.86. The molecule has 1 rings (SSSR count). The molecule has 1 unspecified atom stereocenters. The first kappa shape index (κ1) is 9.71. The minimum absolute atomic E-state index is 0.453. The zero-order valence-electron chi connectivity index (χ0n) is 6.92. The number of rotatable bonds is 2. The molecular formula is C9H12BrNO. The Balaban J connectivity index is 3.14. The van der Waals surface area contributed by atoms with Crippen molar-refractivity contribution in [3.8, 4) is 0 Å². The van der Waals surface area contributed by atoms with Crippen LogP contribution >= 0.6 is 15.9 Å². The SMILES string of the molecule is CC(O)c1cccc(CN)c1Br. The zero-order chi connectivity index (χ0) is 9.14. The van der Waals surface area contributed by atoms with E-state index in [1.807, 2.05) is 18.2 Å². The van der Waals surface area contributed by atoms with E-state index in [9.17, 15) is 5.11 Å². The number of hydrogen-bond acceptors (Lipinski definition) is 2. The minimum Gasteiger partial charge on any atom is -0.389 e. The van der Waals surface area contributed by atoms with E-state index in [2.05, 4.69) is 15.9 Å². The lowest BCUT2D eigenvalue weighted by Crippen LogP contribution is -2.01. The molecule has 0 radical (unpaired) electrons. The van der Waals surface area contributed by atoms with E-state index < -0.39 is 6.10 Å². The van der Waals surface area contributed by atoms with Gasteiger partial charge in [0.05, 0.1) is 6.10 Å². The second-order valence-corrected chi connectivity index (χ2v) is 3.49. The Hall–Kier alpha value is -0.380. The quantitative estimate of drug-likeness (QED) is 0.815. The topological polar surface area (TPSA) is 46.2 Å². The van der Waals surface area contributed by atoms with Crippen molar-refractivity contribution < 1.29 is 5.11 Å². The monoisotopic (exact) mass is 229 g/mol. The van der Waals surface area contributed by atoms with E-state index >= 15 is 0 Å². The van der Waals surface area contributed by atoms with Crippen LogP contribution in [0.15, 0.2) is 22.7 Å². The first-order valence-corrected chi connectivity index (χ1v) is 4.61. The summed E-state index contributed by atoms with van der Waals surface area (Å²) in [6.07, 6.45) is -0.453. The van der Waals surface area contributed by atoms with Gasteiger partial charge in [0, 0.05) is 11.0 Å². The molecule has 2 nitrogen and oxygen atoms in total. The average Bonchev–Trinajstić information content (AvgIpc) is 2.04. The smallest absolute Gasteiger partial charge is 0.0772 e. The van der Waals surface area contributed by atoms with Crippen LogP contribution in [0.4, 0.5) is 0 Å². The summed E-state index contributed by atoms with van der Waals surface area (Å²) in [7, 11) is 0. The highest BCUT2D eigenvalue weighted by atomic mass is 79.9. The molecule has 12 heavy (non-hydrogen) atoms. The maximum atomic E-state index is 9.35. The average molecular weight is 230 g/mol. The lowest BCUT2D eigenvalue weighted by Gasteiger charge is -2.10. The Bertz CT molecular complexity index is 273. The van der Waals surface area contributed by atoms with E-state index in [1.54, 1.807) is 6.92 Å². The van der Waals surface area contributed by atoms with Crippen LogP contribution in [-0.4, -0.2) is 5.11 Å². The van der Waals surface area contributed by atoms with Gasteiger partial charge in [0.15, 0.2) is 0 Å². The summed E-state index contributed by atoms with van der Waals surface area (Å²) in [5.41, 5.74) is 7.42. The fourth-order valence-corrected chi connectivity index (χ4v) is 1.84. The summed E-state index contributed by atoms with van der Waals surface area (Å²) in [5, 5.41) is 9.35. The molecule has 0 fully saturated rings. The van der Waals surface area contributed by atoms with Gasteiger partial charge in [-0.15, -0.1) is 0 Å². The van der Waals surface area contributed by atoms with Crippen molar-refractivity contribution in [2.24, 2.45) is 5.73 Å². The minimum atomic E-state index is -0.453. The molecule has 0 spiro atoms. The highest BCUT2D eigenvalue weighted by Crippen LogP contribution is 2.26. The molecule has 0 bridgehead atoms. The molecule has 0 aliphatic rings. The van der Waals surface area contributed by atoms with Crippen molar-refractivity contribution in [1.29, 1.82) is 0 Å². The Morgan fingerprint density at radius 2 is 2.25 bits per heavy atom. The standard InChI is InChI=1S/C9H12BrNO/c1-6(12)8-4-2-3-7(5-11)9(8)10/h2-4,6,12H,5,11H2,1H3. The third-order valence-electron chi connectivity index (χ3n) is 1.78. The maximum absolute atomic E-state index is 9.35. The van der Waals surface area contributed by atoms with Gasteiger partial charge in [-0.25, -0.2) is 0 Å². The van der Waals surface area contributed by atoms with Gasteiger partial charge in [-0.2, -0.15) is 0 Å². The van der Waals surface area contributed by atoms with Gasteiger partial charge in [-0.05, 0) is 18.1 Å². The number of halogens is 1. The van der Waals surface area contributed by atoms with E-state index in [1.165, 1.54) is 0 Å². The number of benzene rings is 1. The van der Waals surface area contributed by atoms with Crippen molar-refractivity contribution in [3.05, 3.63) is 33.8 Å². The van der Waals surface area contributed by atoms with Crippen LogP contribution in [0.1, 0.15) is 24.2 Å². The molecule has 1 atom stereocenters. The van der Waals surface area contributed by atoms with Gasteiger partial charge in [-0.3, -0.25) is 0 Å². The van der Waals surface area contributed by atoms with Crippen LogP contribution < -0.4 is 5.73 Å². The molecule has 0 saturated carbocycles. The van der Waals surface area contributed by atoms with Crippen molar-refractivity contribution >= 4 is 15.9 Å². The Morgan fingerprint density at radius 1 is 1.58 bits per heavy atom. The first-order chi connectivity index (χ1) is 5.66. The van der Waals surface area contributed by atoms with E-state index in [0.29, 0.717) is 6.54 Å². The van der Waals surface area contributed by atoms with Crippen LogP contribution in [0.3, 0.4) is 0 Å². The van der Waals surface area contributed by atoms with Crippen molar-refractivity contribution in [2.75, 3.05) is 0 Å². The number of nitrogens with two attached hydrogens (primary N) is 1. The molecule has 1 aromatic carbocycles. The van der Waals surface area contributed by atoms with Gasteiger partial charge in [-0.1, -0.05) is 34.1 Å². The molecule has 0 heterocycles. The summed E-state index contributed by atoms with van der Waals surface area (Å²) < 4.78 is 0.919. The summed E-state index contributed by atoms with van der Waals surface area (Å²) >= 11 is 3.40. The second kappa shape index (κ2) is 4.03. The van der Waals surface area contributed by atoms with Gasteiger partial charge in [0.25, 0.3) is 0 Å². The molecule has 3 N–H and O–H groups in total. The summed E-state index contributed by atoms with van der Waals surface area (Å²) in [4.78, 5) is 0. The Labute approximate surface area is 80.5 Å². The lowest BCUT2D eigenvalue weighted by atomic mass is 10.1.